The van der Waals surface area contributed by atoms with Gasteiger partial charge in [-0.2, -0.15) is 0 Å². The molecule has 0 saturated heterocycles. The molecular weight excluding hydrogens is 134 g/mol. The average Bonchev–Trinajstić information content (AvgIpc) is 2.04. The molecule has 1 aromatic rings. The highest BCUT2D eigenvalue weighted by atomic mass is 14.6. The Bertz CT molecular complexity index is 365. The second kappa shape index (κ2) is 2.50. The summed E-state index contributed by atoms with van der Waals surface area (Å²) < 4.78 is 0. The second-order valence-corrected chi connectivity index (χ2v) is 3.09. The van der Waals surface area contributed by atoms with Crippen molar-refractivity contribution in [2.24, 2.45) is 5.92 Å². The molecule has 0 unspecified atom stereocenters. The van der Waals surface area contributed by atoms with Gasteiger partial charge in [0.05, 0.1) is 0 Å². The summed E-state index contributed by atoms with van der Waals surface area (Å²) in [6.07, 6.45) is 9.49. The fourth-order valence-electron chi connectivity index (χ4n) is 1.43. The van der Waals surface area contributed by atoms with Crippen LogP contribution in [0.5, 0.6) is 0 Å². The highest BCUT2D eigenvalue weighted by molar-refractivity contribution is 5.38. The SMILES string of the molecule is C[C@@H]1C=c2ccncc2=CC1. The summed E-state index contributed by atoms with van der Waals surface area (Å²) in [5, 5.41) is 2.62. The van der Waals surface area contributed by atoms with E-state index in [4.69, 9.17) is 0 Å². The zero-order valence-corrected chi connectivity index (χ0v) is 6.62. The normalized spacial score (nSPS) is 21.4. The van der Waals surface area contributed by atoms with E-state index in [2.05, 4.69) is 30.1 Å². The maximum atomic E-state index is 4.07. The van der Waals surface area contributed by atoms with Crippen LogP contribution in [0, 0.1) is 5.92 Å². The Morgan fingerprint density at radius 2 is 2.36 bits per heavy atom. The van der Waals surface area contributed by atoms with Crippen LogP contribution in [0.3, 0.4) is 0 Å². The van der Waals surface area contributed by atoms with Crippen molar-refractivity contribution in [3.8, 4) is 0 Å². The molecule has 0 radical (unpaired) electrons. The molecule has 0 bridgehead atoms. The third-order valence-electron chi connectivity index (χ3n) is 2.06. The molecule has 0 amide bonds. The maximum absolute atomic E-state index is 4.07. The molecule has 1 heteroatoms. The topological polar surface area (TPSA) is 12.9 Å². The largest absolute Gasteiger partial charge is 0.264 e. The van der Waals surface area contributed by atoms with Crippen LogP contribution in [0.4, 0.5) is 0 Å². The van der Waals surface area contributed by atoms with Gasteiger partial charge >= 0.3 is 0 Å². The Balaban J connectivity index is 2.73. The first-order valence-electron chi connectivity index (χ1n) is 3.98. The van der Waals surface area contributed by atoms with Crippen LogP contribution < -0.4 is 10.4 Å². The summed E-state index contributed by atoms with van der Waals surface area (Å²) in [6.45, 7) is 2.24. The lowest BCUT2D eigenvalue weighted by atomic mass is 10.0. The highest BCUT2D eigenvalue weighted by Crippen LogP contribution is 2.05. The fraction of sp³-hybridized carbons (Fsp3) is 0.300. The monoisotopic (exact) mass is 145 g/mol. The predicted octanol–water partition coefficient (Wildman–Crippen LogP) is 0.682. The molecule has 2 rings (SSSR count). The average molecular weight is 145 g/mol. The molecule has 0 aromatic carbocycles. The molecule has 1 aromatic heterocycles. The Labute approximate surface area is 66.1 Å². The van der Waals surface area contributed by atoms with Gasteiger partial charge < -0.3 is 0 Å². The molecule has 0 aliphatic heterocycles. The first-order valence-corrected chi connectivity index (χ1v) is 3.98. The molecule has 0 spiro atoms. The lowest BCUT2D eigenvalue weighted by Gasteiger charge is -2.05. The van der Waals surface area contributed by atoms with E-state index in [1.165, 1.54) is 10.4 Å². The van der Waals surface area contributed by atoms with E-state index in [1.54, 1.807) is 0 Å². The van der Waals surface area contributed by atoms with Crippen LogP contribution >= 0.6 is 0 Å². The van der Waals surface area contributed by atoms with Gasteiger partial charge in [-0.15, -0.1) is 0 Å². The molecule has 11 heavy (non-hydrogen) atoms. The summed E-state index contributed by atoms with van der Waals surface area (Å²) in [6, 6.07) is 2.07. The molecule has 0 fully saturated rings. The molecular formula is C10H11N. The number of rotatable bonds is 0. The van der Waals surface area contributed by atoms with Gasteiger partial charge in [-0.3, -0.25) is 4.98 Å². The van der Waals surface area contributed by atoms with E-state index in [1.807, 2.05) is 12.4 Å². The second-order valence-electron chi connectivity index (χ2n) is 3.09. The summed E-state index contributed by atoms with van der Waals surface area (Å²) in [4.78, 5) is 4.07. The van der Waals surface area contributed by atoms with Gasteiger partial charge in [0, 0.05) is 12.4 Å². The van der Waals surface area contributed by atoms with Crippen molar-refractivity contribution in [1.82, 2.24) is 4.98 Å². The van der Waals surface area contributed by atoms with E-state index < -0.39 is 0 Å². The van der Waals surface area contributed by atoms with Gasteiger partial charge in [-0.1, -0.05) is 19.1 Å². The van der Waals surface area contributed by atoms with Gasteiger partial charge in [0.25, 0.3) is 0 Å². The summed E-state index contributed by atoms with van der Waals surface area (Å²) in [5.41, 5.74) is 0. The Kier molecular flexibility index (Phi) is 1.50. The van der Waals surface area contributed by atoms with Crippen molar-refractivity contribution in [3.63, 3.8) is 0 Å². The Morgan fingerprint density at radius 1 is 1.45 bits per heavy atom. The number of fused-ring (bicyclic) bond motifs is 1. The molecule has 56 valence electrons. The minimum Gasteiger partial charge on any atom is -0.264 e. The minimum absolute atomic E-state index is 0.685. The summed E-state index contributed by atoms with van der Waals surface area (Å²) in [5.74, 6) is 0.685. The fourth-order valence-corrected chi connectivity index (χ4v) is 1.43. The number of aromatic nitrogens is 1. The van der Waals surface area contributed by atoms with Crippen molar-refractivity contribution >= 4 is 12.2 Å². The number of pyridine rings is 1. The van der Waals surface area contributed by atoms with Crippen LogP contribution in [-0.4, -0.2) is 4.98 Å². The molecule has 1 heterocycles. The third kappa shape index (κ3) is 1.18. The van der Waals surface area contributed by atoms with Crippen molar-refractivity contribution in [2.75, 3.05) is 0 Å². The van der Waals surface area contributed by atoms with E-state index in [-0.39, 0.29) is 0 Å². The van der Waals surface area contributed by atoms with Gasteiger partial charge in [-0.05, 0) is 28.8 Å². The first kappa shape index (κ1) is 6.59. The first-order chi connectivity index (χ1) is 5.36. The van der Waals surface area contributed by atoms with Gasteiger partial charge in [0.1, 0.15) is 0 Å². The number of hydrogen-bond acceptors (Lipinski definition) is 1. The lowest BCUT2D eigenvalue weighted by molar-refractivity contribution is 0.799. The Morgan fingerprint density at radius 3 is 3.27 bits per heavy atom. The van der Waals surface area contributed by atoms with Crippen LogP contribution in [-0.2, 0) is 0 Å². The minimum atomic E-state index is 0.685. The van der Waals surface area contributed by atoms with E-state index in [0.29, 0.717) is 5.92 Å². The van der Waals surface area contributed by atoms with Crippen LogP contribution in [0.2, 0.25) is 0 Å². The third-order valence-corrected chi connectivity index (χ3v) is 2.06. The predicted molar refractivity (Wildman–Crippen MR) is 46.2 cm³/mol. The van der Waals surface area contributed by atoms with Gasteiger partial charge in [0.2, 0.25) is 0 Å². The molecule has 1 nitrogen and oxygen atoms in total. The zero-order valence-electron chi connectivity index (χ0n) is 6.62. The van der Waals surface area contributed by atoms with E-state index >= 15 is 0 Å². The zero-order chi connectivity index (χ0) is 7.68. The molecule has 0 N–H and O–H groups in total. The summed E-state index contributed by atoms with van der Waals surface area (Å²) in [7, 11) is 0. The number of hydrogen-bond donors (Lipinski definition) is 0. The van der Waals surface area contributed by atoms with Crippen molar-refractivity contribution in [1.29, 1.82) is 0 Å². The van der Waals surface area contributed by atoms with Gasteiger partial charge in [-0.25, -0.2) is 0 Å². The standard InChI is InChI=1S/C10H11N/c1-8-2-3-10-7-11-5-4-9(10)6-8/h3-8H,2H2,1H3/t8-/m0/s1. The maximum Gasteiger partial charge on any atom is 0.0343 e. The molecule has 1 aliphatic carbocycles. The number of nitrogens with zero attached hydrogens (tertiary/aromatic N) is 1. The molecule has 0 saturated carbocycles. The van der Waals surface area contributed by atoms with E-state index in [9.17, 15) is 0 Å². The summed E-state index contributed by atoms with van der Waals surface area (Å²) >= 11 is 0. The van der Waals surface area contributed by atoms with E-state index in [0.717, 1.165) is 6.42 Å². The van der Waals surface area contributed by atoms with Crippen LogP contribution in [0.1, 0.15) is 13.3 Å². The highest BCUT2D eigenvalue weighted by Gasteiger charge is 1.99. The van der Waals surface area contributed by atoms with Crippen LogP contribution in [0.25, 0.3) is 12.2 Å². The molecule has 1 aliphatic rings. The molecule has 1 atom stereocenters. The van der Waals surface area contributed by atoms with Crippen molar-refractivity contribution in [2.45, 2.75) is 13.3 Å². The van der Waals surface area contributed by atoms with Crippen molar-refractivity contribution < 1.29 is 0 Å². The van der Waals surface area contributed by atoms with Crippen molar-refractivity contribution in [3.05, 3.63) is 28.9 Å². The quantitative estimate of drug-likeness (QED) is 0.523. The smallest absolute Gasteiger partial charge is 0.0343 e. The Hall–Kier alpha value is -1.11. The van der Waals surface area contributed by atoms with Gasteiger partial charge in [0.15, 0.2) is 0 Å². The van der Waals surface area contributed by atoms with Crippen LogP contribution in [0.15, 0.2) is 18.5 Å². The lowest BCUT2D eigenvalue weighted by Crippen LogP contribution is -2.28.